The quantitative estimate of drug-likeness (QED) is 0.133. The highest BCUT2D eigenvalue weighted by Gasteiger charge is 2.59. The molecule has 4 aromatic rings. The summed E-state index contributed by atoms with van der Waals surface area (Å²) in [5.41, 5.74) is 11.7. The lowest BCUT2D eigenvalue weighted by atomic mass is 9.80. The monoisotopic (exact) mass is 950 g/mol. The number of halogens is 7. The fourth-order valence-corrected chi connectivity index (χ4v) is 10.7. The minimum atomic E-state index is -1.13. The van der Waals surface area contributed by atoms with Crippen molar-refractivity contribution in [2.75, 3.05) is 20.3 Å². The Hall–Kier alpha value is -5.07. The first-order valence-electron chi connectivity index (χ1n) is 21.0. The van der Waals surface area contributed by atoms with Crippen LogP contribution < -0.4 is 16.8 Å². The van der Waals surface area contributed by atoms with Gasteiger partial charge in [0, 0.05) is 37.2 Å². The van der Waals surface area contributed by atoms with Crippen LogP contribution in [0.3, 0.4) is 0 Å². The molecule has 6 N–H and O–H groups in total. The van der Waals surface area contributed by atoms with Gasteiger partial charge in [0.2, 0.25) is 5.91 Å². The Morgan fingerprint density at radius 3 is 1.66 bits per heavy atom. The summed E-state index contributed by atoms with van der Waals surface area (Å²) >= 11 is 11.7. The molecule has 2 aliphatic heterocycles. The van der Waals surface area contributed by atoms with E-state index in [9.17, 15) is 41.1 Å². The van der Waals surface area contributed by atoms with Crippen molar-refractivity contribution in [2.45, 2.75) is 116 Å². The molecule has 10 rings (SSSR count). The number of carbonyl (C=O) groups is 4. The van der Waals surface area contributed by atoms with E-state index in [1.165, 1.54) is 36.4 Å². The number of alkyl halides is 3. The molecule has 4 saturated carbocycles. The highest BCUT2D eigenvalue weighted by Crippen LogP contribution is 2.60. The second kappa shape index (κ2) is 19.0. The molecule has 2 aromatic heterocycles. The van der Waals surface area contributed by atoms with Crippen LogP contribution >= 0.6 is 23.2 Å². The molecule has 3 amide bonds. The van der Waals surface area contributed by atoms with Gasteiger partial charge in [0.15, 0.2) is 0 Å². The first kappa shape index (κ1) is 49.4. The van der Waals surface area contributed by atoms with Crippen LogP contribution in [0.4, 0.5) is 22.0 Å². The number of aromatic nitrogens is 4. The highest BCUT2D eigenvalue weighted by atomic mass is 35.5. The summed E-state index contributed by atoms with van der Waals surface area (Å²) in [6.45, 7) is 3.03. The van der Waals surface area contributed by atoms with Gasteiger partial charge < -0.3 is 26.8 Å². The molecule has 0 radical (unpaired) electrons. The summed E-state index contributed by atoms with van der Waals surface area (Å²) in [7, 11) is 0.500. The van der Waals surface area contributed by atoms with Crippen molar-refractivity contribution in [1.82, 2.24) is 29.8 Å². The molecule has 2 aromatic carbocycles. The maximum atomic E-state index is 14.6. The Balaban J connectivity index is 0.000000176. The van der Waals surface area contributed by atoms with Crippen LogP contribution in [-0.4, -0.2) is 84.9 Å². The van der Waals surface area contributed by atoms with Gasteiger partial charge in [-0.1, -0.05) is 30.6 Å². The smallest absolute Gasteiger partial charge is 0.309 e. The maximum Gasteiger partial charge on any atom is 0.309 e. The molecule has 13 nitrogen and oxygen atoms in total. The first-order valence-corrected chi connectivity index (χ1v) is 21.8. The summed E-state index contributed by atoms with van der Waals surface area (Å²) < 4.78 is 67.7. The average molecular weight is 952 g/mol. The fraction of sp³-hybridized carbons (Fsp3) is 0.511. The normalized spacial score (nSPS) is 25.4. The number of amides is 3. The minimum absolute atomic E-state index is 0. The standard InChI is InChI=1S/C22H23ClF2N4O2.C13H12ClFN4O.C8H11FO2.CH3F.CH4/c23-14-9-13(1-2-15(14)24)19-18(20(26)31)16-11-28(7-8-29(16)27-19)17(30)10-21-3-5-22(25,12-21)6-4-21;14-8-5-7(1-2-9(8)15)12-11(13(16)20)10-6-17-3-4-19(10)18-12;9-8-3-1-7(5-8,2-4-8)6(10)11;1-2;/h1-2,9H,3-8,10-12H2,(H2,26,31);1-2,5,17H,3-4,6H2,(H2,16,20);1-5H2,(H,10,11);1H3;1H4. The Morgan fingerprint density at radius 1 is 0.738 bits per heavy atom. The molecule has 4 fully saturated rings. The molecule has 0 atom stereocenters. The molecule has 0 unspecified atom stereocenters. The van der Waals surface area contributed by atoms with Gasteiger partial charge in [-0.25, -0.2) is 17.6 Å². The van der Waals surface area contributed by atoms with Gasteiger partial charge in [-0.05, 0) is 106 Å². The predicted molar refractivity (Wildman–Crippen MR) is 234 cm³/mol. The Bertz CT molecular complexity index is 2480. The minimum Gasteiger partial charge on any atom is -0.481 e. The number of hydrogen-bond donors (Lipinski definition) is 4. The van der Waals surface area contributed by atoms with Gasteiger partial charge in [0.25, 0.3) is 11.8 Å². The zero-order valence-corrected chi connectivity index (χ0v) is 36.6. The van der Waals surface area contributed by atoms with Crippen molar-refractivity contribution in [1.29, 1.82) is 0 Å². The zero-order chi connectivity index (χ0) is 46.4. The molecule has 352 valence electrons. The van der Waals surface area contributed by atoms with Gasteiger partial charge in [-0.2, -0.15) is 10.2 Å². The molecular weight excluding hydrogens is 898 g/mol. The van der Waals surface area contributed by atoms with Crippen molar-refractivity contribution >= 4 is 46.9 Å². The van der Waals surface area contributed by atoms with E-state index in [4.69, 9.17) is 39.8 Å². The van der Waals surface area contributed by atoms with Crippen molar-refractivity contribution < 1.29 is 46.2 Å². The van der Waals surface area contributed by atoms with Crippen LogP contribution in [0.1, 0.15) is 110 Å². The van der Waals surface area contributed by atoms with Crippen LogP contribution in [0, 0.1) is 22.5 Å². The third-order valence-electron chi connectivity index (χ3n) is 13.7. The summed E-state index contributed by atoms with van der Waals surface area (Å²) in [4.78, 5) is 49.6. The topological polar surface area (TPSA) is 191 Å². The van der Waals surface area contributed by atoms with E-state index in [1.807, 2.05) is 0 Å². The first-order chi connectivity index (χ1) is 30.3. The van der Waals surface area contributed by atoms with E-state index in [-0.39, 0.29) is 47.3 Å². The van der Waals surface area contributed by atoms with Crippen molar-refractivity contribution in [2.24, 2.45) is 22.3 Å². The number of nitrogens with two attached hydrogens (primary N) is 2. The number of hydrogen-bond acceptors (Lipinski definition) is 7. The molecule has 20 heteroatoms. The number of benzene rings is 2. The number of carboxylic acids is 1. The molecule has 6 aliphatic rings. The summed E-state index contributed by atoms with van der Waals surface area (Å²) in [6, 6.07) is 8.35. The zero-order valence-electron chi connectivity index (χ0n) is 35.1. The van der Waals surface area contributed by atoms with Gasteiger partial charge in [-0.3, -0.25) is 32.9 Å². The van der Waals surface area contributed by atoms with Crippen LogP contribution in [0.25, 0.3) is 22.5 Å². The number of carbonyl (C=O) groups excluding carboxylic acids is 3. The number of primary amides is 2. The lowest BCUT2D eigenvalue weighted by Gasteiger charge is -2.32. The Kier molecular flexibility index (Phi) is 14.5. The largest absolute Gasteiger partial charge is 0.481 e. The lowest BCUT2D eigenvalue weighted by molar-refractivity contribution is -0.148. The van der Waals surface area contributed by atoms with Crippen molar-refractivity contribution in [3.8, 4) is 22.5 Å². The number of fused-ring (bicyclic) bond motifs is 6. The van der Waals surface area contributed by atoms with Gasteiger partial charge in [-0.15, -0.1) is 0 Å². The van der Waals surface area contributed by atoms with E-state index in [0.29, 0.717) is 118 Å². The maximum absolute atomic E-state index is 14.6. The van der Waals surface area contributed by atoms with E-state index in [2.05, 4.69) is 15.5 Å². The van der Waals surface area contributed by atoms with E-state index in [1.54, 1.807) is 14.3 Å². The van der Waals surface area contributed by atoms with Gasteiger partial charge in [0.05, 0.1) is 64.8 Å². The fourth-order valence-electron chi connectivity index (χ4n) is 10.3. The van der Waals surface area contributed by atoms with E-state index >= 15 is 0 Å². The lowest BCUT2D eigenvalue weighted by Crippen LogP contribution is -2.41. The SMILES string of the molecule is C.CF.NC(=O)c1c(-c2ccc(F)c(Cl)c2)nn2c1CN(C(=O)CC13CCC(F)(CC1)C3)CC2.NC(=O)c1c(-c2ccc(F)c(Cl)c2)nn2c1CNCC2.O=C(O)C12CCC(F)(CC1)C2. The molecule has 0 saturated heterocycles. The van der Waals surface area contributed by atoms with Crippen LogP contribution in [0.15, 0.2) is 36.4 Å². The van der Waals surface area contributed by atoms with E-state index in [0.717, 1.165) is 25.1 Å². The molecular formula is C45H53Cl2F5N8O5. The Morgan fingerprint density at radius 2 is 1.23 bits per heavy atom. The molecule has 4 aliphatic carbocycles. The van der Waals surface area contributed by atoms with Crippen molar-refractivity contribution in [3.05, 3.63) is 80.6 Å². The second-order valence-corrected chi connectivity index (χ2v) is 18.5. The summed E-state index contributed by atoms with van der Waals surface area (Å²) in [5, 5.41) is 20.8. The highest BCUT2D eigenvalue weighted by molar-refractivity contribution is 6.31. The predicted octanol–water partition coefficient (Wildman–Crippen LogP) is 8.36. The van der Waals surface area contributed by atoms with Crippen molar-refractivity contribution in [3.63, 3.8) is 0 Å². The molecule has 4 bridgehead atoms. The van der Waals surface area contributed by atoms with Gasteiger partial charge >= 0.3 is 5.97 Å². The van der Waals surface area contributed by atoms with Crippen LogP contribution in [0.5, 0.6) is 0 Å². The summed E-state index contributed by atoms with van der Waals surface area (Å²) in [6.07, 6.45) is 5.65. The number of rotatable bonds is 7. The number of aliphatic carboxylic acids is 1. The second-order valence-electron chi connectivity index (χ2n) is 17.7. The number of nitrogens with zero attached hydrogens (tertiary/aromatic N) is 5. The average Bonchev–Trinajstić information content (AvgIpc) is 4.12. The number of nitrogens with one attached hydrogen (secondary N) is 1. The molecule has 0 spiro atoms. The third-order valence-corrected chi connectivity index (χ3v) is 14.3. The summed E-state index contributed by atoms with van der Waals surface area (Å²) in [5.74, 6) is -3.12. The molecule has 65 heavy (non-hydrogen) atoms. The van der Waals surface area contributed by atoms with Crippen LogP contribution in [0.2, 0.25) is 10.0 Å². The number of carboxylic acid groups (broad SMARTS) is 1. The van der Waals surface area contributed by atoms with Crippen LogP contribution in [-0.2, 0) is 35.8 Å². The molecule has 4 heterocycles. The van der Waals surface area contributed by atoms with E-state index < -0.39 is 46.2 Å². The van der Waals surface area contributed by atoms with Gasteiger partial charge in [0.1, 0.15) is 34.4 Å². The third kappa shape index (κ3) is 9.75. The Labute approximate surface area is 383 Å².